The zero-order valence-corrected chi connectivity index (χ0v) is 10.4. The number of carbonyl (C=O) groups is 2. The maximum absolute atomic E-state index is 11.5. The second-order valence-electron chi connectivity index (χ2n) is 4.29. The molecule has 0 unspecified atom stereocenters. The first-order valence-corrected chi connectivity index (χ1v) is 6.84. The van der Waals surface area contributed by atoms with Gasteiger partial charge in [0.2, 0.25) is 5.91 Å². The van der Waals surface area contributed by atoms with Crippen LogP contribution in [0.25, 0.3) is 0 Å². The predicted octanol–water partition coefficient (Wildman–Crippen LogP) is 1.50. The van der Waals surface area contributed by atoms with Crippen LogP contribution in [0.5, 0.6) is 0 Å². The summed E-state index contributed by atoms with van der Waals surface area (Å²) in [6.45, 7) is 2.04. The van der Waals surface area contributed by atoms with Gasteiger partial charge in [0.1, 0.15) is 0 Å². The smallest absolute Gasteiger partial charge is 0.313 e. The molecule has 0 bridgehead atoms. The van der Waals surface area contributed by atoms with Crippen LogP contribution in [-0.2, 0) is 9.59 Å². The van der Waals surface area contributed by atoms with E-state index in [0.29, 0.717) is 5.92 Å². The van der Waals surface area contributed by atoms with Gasteiger partial charge in [-0.25, -0.2) is 0 Å². The van der Waals surface area contributed by atoms with Crippen molar-refractivity contribution in [1.29, 1.82) is 0 Å². The van der Waals surface area contributed by atoms with Crippen molar-refractivity contribution in [2.24, 2.45) is 5.92 Å². The average Bonchev–Trinajstić information content (AvgIpc) is 2.69. The summed E-state index contributed by atoms with van der Waals surface area (Å²) in [6, 6.07) is 0.223. The van der Waals surface area contributed by atoms with Crippen molar-refractivity contribution in [3.05, 3.63) is 0 Å². The molecule has 1 rings (SSSR count). The molecule has 0 radical (unpaired) electrons. The summed E-state index contributed by atoms with van der Waals surface area (Å²) in [5.41, 5.74) is 0. The molecule has 1 amide bonds. The van der Waals surface area contributed by atoms with Gasteiger partial charge in [-0.3, -0.25) is 9.59 Å². The third kappa shape index (κ3) is 4.88. The Balaban J connectivity index is 2.15. The first-order chi connectivity index (χ1) is 7.59. The second kappa shape index (κ2) is 6.78. The number of carboxylic acid groups (broad SMARTS) is 1. The number of aliphatic carboxylic acids is 1. The molecule has 0 saturated heterocycles. The van der Waals surface area contributed by atoms with Gasteiger partial charge in [-0.1, -0.05) is 12.8 Å². The number of hydrogen-bond donors (Lipinski definition) is 2. The van der Waals surface area contributed by atoms with E-state index in [-0.39, 0.29) is 23.5 Å². The van der Waals surface area contributed by atoms with Crippen LogP contribution in [0.4, 0.5) is 0 Å². The third-order valence-corrected chi connectivity index (χ3v) is 3.87. The highest BCUT2D eigenvalue weighted by Crippen LogP contribution is 2.27. The molecule has 1 atom stereocenters. The van der Waals surface area contributed by atoms with Gasteiger partial charge in [0.05, 0.1) is 11.5 Å². The SMILES string of the molecule is C[C@@H](NC(=O)CSCC(=O)O)C1CCCC1. The summed E-state index contributed by atoms with van der Waals surface area (Å²) in [5.74, 6) is -0.0880. The van der Waals surface area contributed by atoms with Crippen molar-refractivity contribution >= 4 is 23.6 Å². The highest BCUT2D eigenvalue weighted by Gasteiger charge is 2.22. The molecule has 4 nitrogen and oxygen atoms in total. The number of amides is 1. The molecule has 1 saturated carbocycles. The van der Waals surface area contributed by atoms with E-state index in [2.05, 4.69) is 5.32 Å². The number of hydrogen-bond acceptors (Lipinski definition) is 3. The Bertz CT molecular complexity index is 252. The standard InChI is InChI=1S/C11H19NO3S/c1-8(9-4-2-3-5-9)12-10(13)6-16-7-11(14)15/h8-9H,2-7H2,1H3,(H,12,13)(H,14,15)/t8-/m1/s1. The van der Waals surface area contributed by atoms with E-state index in [9.17, 15) is 9.59 Å². The number of carboxylic acids is 1. The van der Waals surface area contributed by atoms with Crippen LogP contribution in [0.3, 0.4) is 0 Å². The molecule has 16 heavy (non-hydrogen) atoms. The van der Waals surface area contributed by atoms with Crippen LogP contribution in [-0.4, -0.2) is 34.5 Å². The zero-order chi connectivity index (χ0) is 12.0. The molecule has 2 N–H and O–H groups in total. The van der Waals surface area contributed by atoms with Gasteiger partial charge in [0, 0.05) is 6.04 Å². The van der Waals surface area contributed by atoms with Crippen LogP contribution in [0.15, 0.2) is 0 Å². The van der Waals surface area contributed by atoms with Gasteiger partial charge in [-0.2, -0.15) is 0 Å². The fourth-order valence-electron chi connectivity index (χ4n) is 2.10. The highest BCUT2D eigenvalue weighted by molar-refractivity contribution is 8.00. The predicted molar refractivity (Wildman–Crippen MR) is 64.5 cm³/mol. The van der Waals surface area contributed by atoms with Crippen LogP contribution in [0, 0.1) is 5.92 Å². The van der Waals surface area contributed by atoms with Crippen LogP contribution in [0.1, 0.15) is 32.6 Å². The van der Waals surface area contributed by atoms with Gasteiger partial charge in [-0.05, 0) is 25.7 Å². The second-order valence-corrected chi connectivity index (χ2v) is 5.27. The number of rotatable bonds is 6. The Labute approximate surface area is 100 Å². The quantitative estimate of drug-likeness (QED) is 0.744. The molecule has 1 aliphatic rings. The summed E-state index contributed by atoms with van der Waals surface area (Å²) < 4.78 is 0. The summed E-state index contributed by atoms with van der Waals surface area (Å²) >= 11 is 1.14. The van der Waals surface area contributed by atoms with Crippen LogP contribution < -0.4 is 5.32 Å². The monoisotopic (exact) mass is 245 g/mol. The summed E-state index contributed by atoms with van der Waals surface area (Å²) in [7, 11) is 0. The number of carbonyl (C=O) groups excluding carboxylic acids is 1. The van der Waals surface area contributed by atoms with Crippen LogP contribution in [0.2, 0.25) is 0 Å². The molecule has 0 aromatic rings. The van der Waals surface area contributed by atoms with Crippen molar-refractivity contribution in [2.75, 3.05) is 11.5 Å². The minimum absolute atomic E-state index is 0.00870. The van der Waals surface area contributed by atoms with E-state index in [1.807, 2.05) is 6.92 Å². The topological polar surface area (TPSA) is 66.4 Å². The van der Waals surface area contributed by atoms with E-state index in [1.165, 1.54) is 25.7 Å². The van der Waals surface area contributed by atoms with E-state index in [0.717, 1.165) is 11.8 Å². The molecular formula is C11H19NO3S. The molecule has 0 spiro atoms. The Morgan fingerprint density at radius 1 is 1.38 bits per heavy atom. The van der Waals surface area contributed by atoms with E-state index < -0.39 is 5.97 Å². The van der Waals surface area contributed by atoms with Gasteiger partial charge in [0.25, 0.3) is 0 Å². The van der Waals surface area contributed by atoms with Crippen molar-refractivity contribution in [1.82, 2.24) is 5.32 Å². The summed E-state index contributed by atoms with van der Waals surface area (Å²) in [5, 5.41) is 11.4. The summed E-state index contributed by atoms with van der Waals surface area (Å²) in [6.07, 6.45) is 4.92. The largest absolute Gasteiger partial charge is 0.481 e. The minimum atomic E-state index is -0.873. The van der Waals surface area contributed by atoms with E-state index >= 15 is 0 Å². The molecular weight excluding hydrogens is 226 g/mol. The van der Waals surface area contributed by atoms with Gasteiger partial charge < -0.3 is 10.4 Å². The molecule has 0 heterocycles. The Kier molecular flexibility index (Phi) is 5.66. The highest BCUT2D eigenvalue weighted by atomic mass is 32.2. The van der Waals surface area contributed by atoms with Gasteiger partial charge in [0.15, 0.2) is 0 Å². The molecule has 0 aromatic carbocycles. The maximum atomic E-state index is 11.5. The van der Waals surface area contributed by atoms with E-state index in [4.69, 9.17) is 5.11 Å². The van der Waals surface area contributed by atoms with Crippen molar-refractivity contribution in [2.45, 2.75) is 38.6 Å². The maximum Gasteiger partial charge on any atom is 0.313 e. The lowest BCUT2D eigenvalue weighted by molar-refractivity contribution is -0.133. The van der Waals surface area contributed by atoms with Crippen LogP contribution >= 0.6 is 11.8 Å². The first-order valence-electron chi connectivity index (χ1n) is 5.68. The molecule has 5 heteroatoms. The average molecular weight is 245 g/mol. The molecule has 92 valence electrons. The van der Waals surface area contributed by atoms with E-state index in [1.54, 1.807) is 0 Å². The van der Waals surface area contributed by atoms with Crippen molar-refractivity contribution < 1.29 is 14.7 Å². The molecule has 1 aliphatic carbocycles. The Morgan fingerprint density at radius 3 is 2.56 bits per heavy atom. The van der Waals surface area contributed by atoms with Gasteiger partial charge in [-0.15, -0.1) is 11.8 Å². The molecule has 0 aliphatic heterocycles. The number of thioether (sulfide) groups is 1. The lowest BCUT2D eigenvalue weighted by atomic mass is 10.00. The Morgan fingerprint density at radius 2 is 2.00 bits per heavy atom. The third-order valence-electron chi connectivity index (χ3n) is 2.95. The lowest BCUT2D eigenvalue weighted by Crippen LogP contribution is -2.38. The minimum Gasteiger partial charge on any atom is -0.481 e. The first kappa shape index (κ1) is 13.4. The fraction of sp³-hybridized carbons (Fsp3) is 0.818. The summed E-state index contributed by atoms with van der Waals surface area (Å²) in [4.78, 5) is 21.7. The zero-order valence-electron chi connectivity index (χ0n) is 9.57. The van der Waals surface area contributed by atoms with Crippen molar-refractivity contribution in [3.8, 4) is 0 Å². The molecule has 1 fully saturated rings. The lowest BCUT2D eigenvalue weighted by Gasteiger charge is -2.20. The Hall–Kier alpha value is -0.710. The fourth-order valence-corrected chi connectivity index (χ4v) is 2.65. The number of nitrogens with one attached hydrogen (secondary N) is 1. The normalized spacial score (nSPS) is 18.3. The van der Waals surface area contributed by atoms with Crippen molar-refractivity contribution in [3.63, 3.8) is 0 Å². The molecule has 0 aromatic heterocycles. The van der Waals surface area contributed by atoms with Gasteiger partial charge >= 0.3 is 5.97 Å².